The molecule has 7 heteroatoms. The van der Waals surface area contributed by atoms with Gasteiger partial charge in [-0.25, -0.2) is 0 Å². The highest BCUT2D eigenvalue weighted by molar-refractivity contribution is 5.94. The van der Waals surface area contributed by atoms with Gasteiger partial charge in [0.05, 0.1) is 5.56 Å². The van der Waals surface area contributed by atoms with Crippen LogP contribution >= 0.6 is 0 Å². The van der Waals surface area contributed by atoms with Crippen molar-refractivity contribution in [3.63, 3.8) is 0 Å². The van der Waals surface area contributed by atoms with Crippen molar-refractivity contribution in [2.45, 2.75) is 50.9 Å². The Labute approximate surface area is 139 Å². The molecular weight excluding hydrogens is 319 g/mol. The average Bonchev–Trinajstić information content (AvgIpc) is 3.21. The van der Waals surface area contributed by atoms with Crippen molar-refractivity contribution in [3.05, 3.63) is 29.6 Å². The van der Waals surface area contributed by atoms with Crippen LogP contribution in [-0.2, 0) is 6.18 Å². The molecule has 24 heavy (non-hydrogen) atoms. The summed E-state index contributed by atoms with van der Waals surface area (Å²) in [4.78, 5) is 20.4. The van der Waals surface area contributed by atoms with Crippen LogP contribution in [0.2, 0.25) is 0 Å². The molecule has 1 amide bonds. The summed E-state index contributed by atoms with van der Waals surface area (Å²) >= 11 is 0. The fourth-order valence-electron chi connectivity index (χ4n) is 3.98. The van der Waals surface area contributed by atoms with Crippen LogP contribution in [0.25, 0.3) is 0 Å². The van der Waals surface area contributed by atoms with Gasteiger partial charge in [-0.15, -0.1) is 0 Å². The van der Waals surface area contributed by atoms with Gasteiger partial charge >= 0.3 is 6.18 Å². The molecule has 2 aliphatic rings. The number of likely N-dealkylation sites (tertiary alicyclic amines) is 2. The Morgan fingerprint density at radius 1 is 1.21 bits per heavy atom. The van der Waals surface area contributed by atoms with Crippen molar-refractivity contribution in [1.82, 2.24) is 14.8 Å². The van der Waals surface area contributed by atoms with Crippen LogP contribution in [-0.4, -0.2) is 52.4 Å². The van der Waals surface area contributed by atoms with Gasteiger partial charge < -0.3 is 4.90 Å². The Kier molecular flexibility index (Phi) is 4.80. The molecule has 0 saturated carbocycles. The van der Waals surface area contributed by atoms with Crippen LogP contribution in [0.15, 0.2) is 18.3 Å². The highest BCUT2D eigenvalue weighted by Crippen LogP contribution is 2.31. The van der Waals surface area contributed by atoms with Gasteiger partial charge in [-0.1, -0.05) is 6.92 Å². The topological polar surface area (TPSA) is 36.4 Å². The van der Waals surface area contributed by atoms with Gasteiger partial charge in [0.1, 0.15) is 5.69 Å². The van der Waals surface area contributed by atoms with E-state index in [1.54, 1.807) is 0 Å². The number of carbonyl (C=O) groups is 1. The standard InChI is InChI=1S/C17H22F3N3O/c1-2-22-9-3-5-13(22)14-6-4-10-23(14)16(24)12-7-8-15(21-11-12)17(18,19)20/h7-8,11,13-14H,2-6,9-10H2,1H3/t13-,14-/m0/s1. The SMILES string of the molecule is CCN1CCC[C@H]1[C@@H]1CCCN1C(=O)c1ccc(C(F)(F)F)nc1. The number of rotatable bonds is 3. The van der Waals surface area contributed by atoms with E-state index in [-0.39, 0.29) is 17.5 Å². The average molecular weight is 341 g/mol. The number of alkyl halides is 3. The summed E-state index contributed by atoms with van der Waals surface area (Å²) in [5.74, 6) is -0.207. The Hall–Kier alpha value is -1.63. The minimum absolute atomic E-state index is 0.155. The van der Waals surface area contributed by atoms with Gasteiger partial charge in [0.15, 0.2) is 0 Å². The van der Waals surface area contributed by atoms with Crippen molar-refractivity contribution < 1.29 is 18.0 Å². The first-order valence-corrected chi connectivity index (χ1v) is 8.50. The smallest absolute Gasteiger partial charge is 0.334 e. The van der Waals surface area contributed by atoms with E-state index >= 15 is 0 Å². The maximum atomic E-state index is 12.8. The molecule has 4 nitrogen and oxygen atoms in total. The minimum Gasteiger partial charge on any atom is -0.334 e. The molecule has 2 fully saturated rings. The Balaban J connectivity index is 1.76. The normalized spacial score (nSPS) is 25.4. The molecular formula is C17H22F3N3O. The lowest BCUT2D eigenvalue weighted by Crippen LogP contribution is -2.48. The number of pyridine rings is 1. The summed E-state index contributed by atoms with van der Waals surface area (Å²) in [6, 6.07) is 2.64. The van der Waals surface area contributed by atoms with Crippen molar-refractivity contribution in [2.24, 2.45) is 0 Å². The Morgan fingerprint density at radius 3 is 2.54 bits per heavy atom. The van der Waals surface area contributed by atoms with Crippen LogP contribution in [0.1, 0.15) is 48.7 Å². The van der Waals surface area contributed by atoms with E-state index in [2.05, 4.69) is 16.8 Å². The molecule has 0 bridgehead atoms. The molecule has 1 aromatic heterocycles. The molecule has 0 aromatic carbocycles. The van der Waals surface area contributed by atoms with E-state index in [1.807, 2.05) is 4.90 Å². The van der Waals surface area contributed by atoms with Crippen molar-refractivity contribution in [2.75, 3.05) is 19.6 Å². The minimum atomic E-state index is -4.48. The largest absolute Gasteiger partial charge is 0.433 e. The van der Waals surface area contributed by atoms with Gasteiger partial charge in [0.25, 0.3) is 5.91 Å². The molecule has 3 heterocycles. The number of hydrogen-bond acceptors (Lipinski definition) is 3. The van der Waals surface area contributed by atoms with Gasteiger partial charge in [0.2, 0.25) is 0 Å². The summed E-state index contributed by atoms with van der Waals surface area (Å²) in [5, 5.41) is 0. The number of aromatic nitrogens is 1. The molecule has 2 aliphatic heterocycles. The highest BCUT2D eigenvalue weighted by Gasteiger charge is 2.39. The fourth-order valence-corrected chi connectivity index (χ4v) is 3.98. The predicted octanol–water partition coefficient (Wildman–Crippen LogP) is 3.19. The zero-order valence-corrected chi connectivity index (χ0v) is 13.7. The van der Waals surface area contributed by atoms with Gasteiger partial charge in [0, 0.05) is 24.8 Å². The molecule has 2 atom stereocenters. The number of hydrogen-bond donors (Lipinski definition) is 0. The van der Waals surface area contributed by atoms with Crippen LogP contribution in [0.4, 0.5) is 13.2 Å². The predicted molar refractivity (Wildman–Crippen MR) is 83.6 cm³/mol. The number of amides is 1. The molecule has 0 N–H and O–H groups in total. The monoisotopic (exact) mass is 341 g/mol. The second-order valence-electron chi connectivity index (χ2n) is 6.48. The lowest BCUT2D eigenvalue weighted by molar-refractivity contribution is -0.141. The number of carbonyl (C=O) groups excluding carboxylic acids is 1. The second-order valence-corrected chi connectivity index (χ2v) is 6.48. The Morgan fingerprint density at radius 2 is 1.92 bits per heavy atom. The quantitative estimate of drug-likeness (QED) is 0.847. The third-order valence-electron chi connectivity index (χ3n) is 5.13. The van der Waals surface area contributed by atoms with Crippen molar-refractivity contribution in [1.29, 1.82) is 0 Å². The molecule has 0 spiro atoms. The summed E-state index contributed by atoms with van der Waals surface area (Å²) in [7, 11) is 0. The fraction of sp³-hybridized carbons (Fsp3) is 0.647. The first-order chi connectivity index (χ1) is 11.4. The van der Waals surface area contributed by atoms with Gasteiger partial charge in [-0.2, -0.15) is 13.2 Å². The first kappa shape index (κ1) is 17.2. The third-order valence-corrected chi connectivity index (χ3v) is 5.13. The third kappa shape index (κ3) is 3.27. The van der Waals surface area contributed by atoms with E-state index in [9.17, 15) is 18.0 Å². The number of halogens is 3. The summed E-state index contributed by atoms with van der Waals surface area (Å²) in [6.45, 7) is 4.81. The zero-order chi connectivity index (χ0) is 17.3. The molecule has 0 aliphatic carbocycles. The van der Waals surface area contributed by atoms with Crippen LogP contribution < -0.4 is 0 Å². The molecule has 0 unspecified atom stereocenters. The van der Waals surface area contributed by atoms with Crippen LogP contribution in [0.5, 0.6) is 0 Å². The van der Waals surface area contributed by atoms with Crippen molar-refractivity contribution >= 4 is 5.91 Å². The molecule has 1 aromatic rings. The Bertz CT molecular complexity index is 588. The molecule has 132 valence electrons. The van der Waals surface area contributed by atoms with Crippen molar-refractivity contribution in [3.8, 4) is 0 Å². The second kappa shape index (κ2) is 6.70. The van der Waals surface area contributed by atoms with E-state index in [0.29, 0.717) is 12.6 Å². The summed E-state index contributed by atoms with van der Waals surface area (Å²) < 4.78 is 37.8. The molecule has 2 saturated heterocycles. The van der Waals surface area contributed by atoms with E-state index in [1.165, 1.54) is 6.07 Å². The van der Waals surface area contributed by atoms with E-state index < -0.39 is 11.9 Å². The first-order valence-electron chi connectivity index (χ1n) is 8.50. The van der Waals surface area contributed by atoms with E-state index in [4.69, 9.17) is 0 Å². The molecule has 3 rings (SSSR count). The summed E-state index contributed by atoms with van der Waals surface area (Å²) in [6.07, 6.45) is 0.682. The number of nitrogens with zero attached hydrogens (tertiary/aromatic N) is 3. The van der Waals surface area contributed by atoms with E-state index in [0.717, 1.165) is 51.0 Å². The van der Waals surface area contributed by atoms with Crippen LogP contribution in [0.3, 0.4) is 0 Å². The molecule has 0 radical (unpaired) electrons. The summed E-state index contributed by atoms with van der Waals surface area (Å²) in [5.41, 5.74) is -0.735. The van der Waals surface area contributed by atoms with Crippen LogP contribution in [0, 0.1) is 0 Å². The lowest BCUT2D eigenvalue weighted by atomic mass is 10.0. The maximum Gasteiger partial charge on any atom is 0.433 e. The maximum absolute atomic E-state index is 12.8. The zero-order valence-electron chi connectivity index (χ0n) is 13.7. The number of likely N-dealkylation sites (N-methyl/N-ethyl adjacent to an activating group) is 1. The lowest BCUT2D eigenvalue weighted by Gasteiger charge is -2.34. The highest BCUT2D eigenvalue weighted by atomic mass is 19.4. The van der Waals surface area contributed by atoms with Gasteiger partial charge in [-0.05, 0) is 50.9 Å². The van der Waals surface area contributed by atoms with Gasteiger partial charge in [-0.3, -0.25) is 14.7 Å².